The number of anilines is 3. The van der Waals surface area contributed by atoms with Crippen LogP contribution in [-0.4, -0.2) is 21.0 Å². The average Bonchev–Trinajstić information content (AvgIpc) is 3.32. The lowest BCUT2D eigenvalue weighted by atomic mass is 10.1. The highest BCUT2D eigenvalue weighted by molar-refractivity contribution is 7.17. The van der Waals surface area contributed by atoms with Crippen molar-refractivity contribution < 1.29 is 9.90 Å². The summed E-state index contributed by atoms with van der Waals surface area (Å²) < 4.78 is 1.09. The van der Waals surface area contributed by atoms with E-state index in [0.717, 1.165) is 21.5 Å². The van der Waals surface area contributed by atoms with Crippen molar-refractivity contribution in [1.29, 1.82) is 0 Å². The molecule has 0 bridgehead atoms. The van der Waals surface area contributed by atoms with Crippen LogP contribution in [0.25, 0.3) is 10.2 Å². The normalized spacial score (nSPS) is 10.9. The second-order valence-corrected chi connectivity index (χ2v) is 7.93. The zero-order valence-corrected chi connectivity index (χ0v) is 16.2. The molecule has 3 N–H and O–H groups in total. The molecule has 0 atom stereocenters. The van der Waals surface area contributed by atoms with E-state index in [4.69, 9.17) is 0 Å². The number of nitrogens with one attached hydrogen (secondary N) is 2. The Kier molecular flexibility index (Phi) is 4.51. The third-order valence-corrected chi connectivity index (χ3v) is 5.92. The molecule has 2 aromatic carbocycles. The summed E-state index contributed by atoms with van der Waals surface area (Å²) in [5, 5.41) is 16.6. The zero-order valence-electron chi connectivity index (χ0n) is 14.6. The fourth-order valence-electron chi connectivity index (χ4n) is 2.74. The van der Waals surface area contributed by atoms with Gasteiger partial charge in [0, 0.05) is 5.56 Å². The van der Waals surface area contributed by atoms with E-state index in [9.17, 15) is 9.90 Å². The number of thiazole rings is 2. The number of carbonyl (C=O) groups is 1. The van der Waals surface area contributed by atoms with Gasteiger partial charge in [0.2, 0.25) is 0 Å². The van der Waals surface area contributed by atoms with Crippen LogP contribution in [-0.2, 0) is 0 Å². The van der Waals surface area contributed by atoms with E-state index in [-0.39, 0.29) is 11.7 Å². The van der Waals surface area contributed by atoms with Crippen LogP contribution in [0.5, 0.6) is 5.75 Å². The van der Waals surface area contributed by atoms with Crippen LogP contribution in [0, 0.1) is 13.8 Å². The van der Waals surface area contributed by atoms with Gasteiger partial charge in [-0.05, 0) is 37.6 Å². The number of hydrogen-bond acceptors (Lipinski definition) is 7. The lowest BCUT2D eigenvalue weighted by Gasteiger charge is -2.11. The average molecular weight is 396 g/mol. The standard InChI is InChI=1S/C19H16N4O2S2/c1-10-6-7-13(24)11(2)16(10)23-18(25)15-8-20-19(27-15)22-12-4-3-5-14-17(12)21-9-26-14/h3-9,24H,1-2H3,(H,20,22)(H,23,25). The third-order valence-electron chi connectivity index (χ3n) is 4.21. The number of carbonyl (C=O) groups excluding carboxylic acids is 1. The summed E-state index contributed by atoms with van der Waals surface area (Å²) >= 11 is 2.84. The van der Waals surface area contributed by atoms with E-state index in [0.29, 0.717) is 21.3 Å². The number of benzene rings is 2. The summed E-state index contributed by atoms with van der Waals surface area (Å²) in [5.74, 6) is -0.108. The number of hydrogen-bond donors (Lipinski definition) is 3. The van der Waals surface area contributed by atoms with Gasteiger partial charge in [0.1, 0.15) is 16.1 Å². The van der Waals surface area contributed by atoms with Crippen LogP contribution >= 0.6 is 22.7 Å². The summed E-state index contributed by atoms with van der Waals surface area (Å²) in [5.41, 5.74) is 5.69. The Morgan fingerprint density at radius 1 is 1.15 bits per heavy atom. The van der Waals surface area contributed by atoms with Gasteiger partial charge in [0.15, 0.2) is 5.13 Å². The molecule has 0 fully saturated rings. The number of phenolic OH excluding ortho intramolecular Hbond substituents is 1. The highest BCUT2D eigenvalue weighted by Crippen LogP contribution is 2.31. The first-order chi connectivity index (χ1) is 13.0. The van der Waals surface area contributed by atoms with Gasteiger partial charge in [-0.25, -0.2) is 9.97 Å². The SMILES string of the molecule is Cc1ccc(O)c(C)c1NC(=O)c1cnc(Nc2cccc3scnc23)s1. The monoisotopic (exact) mass is 396 g/mol. The molecule has 8 heteroatoms. The van der Waals surface area contributed by atoms with Gasteiger partial charge in [-0.15, -0.1) is 11.3 Å². The molecule has 27 heavy (non-hydrogen) atoms. The molecule has 2 aromatic heterocycles. The number of phenols is 1. The van der Waals surface area contributed by atoms with Gasteiger partial charge in [0.05, 0.1) is 27.8 Å². The van der Waals surface area contributed by atoms with Gasteiger partial charge < -0.3 is 15.7 Å². The van der Waals surface area contributed by atoms with Gasteiger partial charge in [-0.1, -0.05) is 23.5 Å². The number of nitrogens with zero attached hydrogens (tertiary/aromatic N) is 2. The predicted octanol–water partition coefficient (Wildman–Crippen LogP) is 5.07. The second-order valence-electron chi connectivity index (χ2n) is 6.02. The summed E-state index contributed by atoms with van der Waals surface area (Å²) in [6.07, 6.45) is 1.54. The molecule has 0 saturated carbocycles. The summed E-state index contributed by atoms with van der Waals surface area (Å²) in [6.45, 7) is 3.66. The fourth-order valence-corrected chi connectivity index (χ4v) is 4.17. The Balaban J connectivity index is 1.55. The summed E-state index contributed by atoms with van der Waals surface area (Å²) in [4.78, 5) is 21.8. The molecule has 0 unspecified atom stereocenters. The van der Waals surface area contributed by atoms with Gasteiger partial charge in [-0.2, -0.15) is 0 Å². The van der Waals surface area contributed by atoms with Gasteiger partial charge in [0.25, 0.3) is 5.91 Å². The molecule has 0 aliphatic rings. The molecule has 136 valence electrons. The lowest BCUT2D eigenvalue weighted by molar-refractivity contribution is 0.103. The number of aromatic hydroxyl groups is 1. The molecule has 0 radical (unpaired) electrons. The number of para-hydroxylation sites is 1. The van der Waals surface area contributed by atoms with Crippen molar-refractivity contribution in [1.82, 2.24) is 9.97 Å². The van der Waals surface area contributed by atoms with Crippen molar-refractivity contribution in [3.8, 4) is 5.75 Å². The Morgan fingerprint density at radius 2 is 2.00 bits per heavy atom. The highest BCUT2D eigenvalue weighted by Gasteiger charge is 2.15. The maximum atomic E-state index is 12.6. The first kappa shape index (κ1) is 17.4. The molecule has 4 aromatic rings. The molecule has 4 rings (SSSR count). The summed E-state index contributed by atoms with van der Waals surface area (Å²) in [7, 11) is 0. The molecular formula is C19H16N4O2S2. The van der Waals surface area contributed by atoms with Gasteiger partial charge in [-0.3, -0.25) is 4.79 Å². The van der Waals surface area contributed by atoms with E-state index >= 15 is 0 Å². The van der Waals surface area contributed by atoms with E-state index < -0.39 is 0 Å². The maximum Gasteiger partial charge on any atom is 0.267 e. The minimum atomic E-state index is -0.260. The van der Waals surface area contributed by atoms with Crippen LogP contribution in [0.3, 0.4) is 0 Å². The molecular weight excluding hydrogens is 380 g/mol. The van der Waals surface area contributed by atoms with Crippen molar-refractivity contribution >= 4 is 55.3 Å². The second kappa shape index (κ2) is 6.98. The van der Waals surface area contributed by atoms with Crippen molar-refractivity contribution in [3.05, 3.63) is 58.0 Å². The predicted molar refractivity (Wildman–Crippen MR) is 111 cm³/mol. The Morgan fingerprint density at radius 3 is 2.85 bits per heavy atom. The Hall–Kier alpha value is -2.97. The minimum Gasteiger partial charge on any atom is -0.508 e. The number of aromatic nitrogens is 2. The number of fused-ring (bicyclic) bond motifs is 1. The zero-order chi connectivity index (χ0) is 19.0. The van der Waals surface area contributed by atoms with Crippen molar-refractivity contribution in [2.75, 3.05) is 10.6 Å². The largest absolute Gasteiger partial charge is 0.508 e. The summed E-state index contributed by atoms with van der Waals surface area (Å²) in [6, 6.07) is 9.29. The Labute approximate surface area is 163 Å². The van der Waals surface area contributed by atoms with E-state index in [1.807, 2.05) is 25.1 Å². The van der Waals surface area contributed by atoms with Crippen molar-refractivity contribution in [3.63, 3.8) is 0 Å². The molecule has 0 saturated heterocycles. The molecule has 0 aliphatic carbocycles. The minimum absolute atomic E-state index is 0.152. The third kappa shape index (κ3) is 3.36. The molecule has 0 spiro atoms. The number of rotatable bonds is 4. The highest BCUT2D eigenvalue weighted by atomic mass is 32.1. The first-order valence-corrected chi connectivity index (χ1v) is 9.88. The van der Waals surface area contributed by atoms with E-state index in [1.165, 1.54) is 17.5 Å². The van der Waals surface area contributed by atoms with Gasteiger partial charge >= 0.3 is 0 Å². The molecule has 6 nitrogen and oxygen atoms in total. The van der Waals surface area contributed by atoms with Crippen molar-refractivity contribution in [2.24, 2.45) is 0 Å². The first-order valence-electron chi connectivity index (χ1n) is 8.18. The number of amides is 1. The maximum absolute atomic E-state index is 12.6. The smallest absolute Gasteiger partial charge is 0.267 e. The van der Waals surface area contributed by atoms with Crippen molar-refractivity contribution in [2.45, 2.75) is 13.8 Å². The van der Waals surface area contributed by atoms with E-state index in [2.05, 4.69) is 20.6 Å². The molecule has 2 heterocycles. The van der Waals surface area contributed by atoms with Crippen LogP contribution < -0.4 is 10.6 Å². The molecule has 0 aliphatic heterocycles. The fraction of sp³-hybridized carbons (Fsp3) is 0.105. The quantitative estimate of drug-likeness (QED) is 0.448. The molecule has 1 amide bonds. The topological polar surface area (TPSA) is 87.1 Å². The van der Waals surface area contributed by atoms with Crippen LogP contribution in [0.1, 0.15) is 20.8 Å². The van der Waals surface area contributed by atoms with E-state index in [1.54, 1.807) is 35.9 Å². The van der Waals surface area contributed by atoms with Crippen LogP contribution in [0.4, 0.5) is 16.5 Å². The van der Waals surface area contributed by atoms with Crippen LogP contribution in [0.2, 0.25) is 0 Å². The lowest BCUT2D eigenvalue weighted by Crippen LogP contribution is -2.12. The Bertz CT molecular complexity index is 1150. The number of aryl methyl sites for hydroxylation is 1. The van der Waals surface area contributed by atoms with Crippen LogP contribution in [0.15, 0.2) is 42.0 Å².